The molecule has 0 bridgehead atoms. The molecule has 22 heavy (non-hydrogen) atoms. The minimum atomic E-state index is 0.0561. The van der Waals surface area contributed by atoms with E-state index in [1.807, 2.05) is 6.92 Å². The molecule has 0 saturated heterocycles. The quantitative estimate of drug-likeness (QED) is 0.442. The van der Waals surface area contributed by atoms with Crippen LogP contribution in [0.4, 0.5) is 0 Å². The molecule has 0 aromatic heterocycles. The van der Waals surface area contributed by atoms with Crippen LogP contribution < -0.4 is 0 Å². The van der Waals surface area contributed by atoms with E-state index in [1.165, 1.54) is 64.2 Å². The van der Waals surface area contributed by atoms with Crippen molar-refractivity contribution in [2.45, 2.75) is 90.9 Å². The predicted octanol–water partition coefficient (Wildman–Crippen LogP) is 5.74. The third kappa shape index (κ3) is 5.28. The second-order valence-electron chi connectivity index (χ2n) is 7.64. The lowest BCUT2D eigenvalue weighted by atomic mass is 9.68. The molecule has 2 rings (SSSR count). The van der Waals surface area contributed by atoms with Crippen LogP contribution in [-0.4, -0.2) is 12.6 Å². The van der Waals surface area contributed by atoms with Gasteiger partial charge >= 0.3 is 5.97 Å². The zero-order valence-electron chi connectivity index (χ0n) is 14.8. The van der Waals surface area contributed by atoms with Gasteiger partial charge in [-0.25, -0.2) is 0 Å². The molecular weight excluding hydrogens is 272 g/mol. The number of carbonyl (C=O) groups excluding carboxylic acids is 1. The standard InChI is InChI=1S/C20H36O2/c1-3-5-6-7-16-8-10-17(11-9-16)18-12-14-19(15-13-18)20(21)22-4-2/h16-19H,3-15H2,1-2H3. The molecule has 0 unspecified atom stereocenters. The second-order valence-corrected chi connectivity index (χ2v) is 7.64. The molecule has 2 nitrogen and oxygen atoms in total. The fourth-order valence-corrected chi connectivity index (χ4v) is 4.72. The van der Waals surface area contributed by atoms with Crippen molar-refractivity contribution in [2.75, 3.05) is 6.61 Å². The summed E-state index contributed by atoms with van der Waals surface area (Å²) in [6.45, 7) is 4.73. The third-order valence-corrected chi connectivity index (χ3v) is 6.17. The minimum Gasteiger partial charge on any atom is -0.466 e. The Kier molecular flexibility index (Phi) is 7.75. The smallest absolute Gasteiger partial charge is 0.308 e. The van der Waals surface area contributed by atoms with Crippen LogP contribution in [0.2, 0.25) is 0 Å². The summed E-state index contributed by atoms with van der Waals surface area (Å²) in [6, 6.07) is 0. The van der Waals surface area contributed by atoms with Crippen LogP contribution in [0.15, 0.2) is 0 Å². The average molecular weight is 309 g/mol. The van der Waals surface area contributed by atoms with Crippen LogP contribution in [0, 0.1) is 23.7 Å². The van der Waals surface area contributed by atoms with E-state index in [0.717, 1.165) is 30.6 Å². The maximum absolute atomic E-state index is 11.8. The summed E-state index contributed by atoms with van der Waals surface area (Å²) >= 11 is 0. The first-order valence-corrected chi connectivity index (χ1v) is 9.91. The Balaban J connectivity index is 1.65. The van der Waals surface area contributed by atoms with Crippen molar-refractivity contribution >= 4 is 5.97 Å². The van der Waals surface area contributed by atoms with Crippen molar-refractivity contribution in [3.05, 3.63) is 0 Å². The highest BCUT2D eigenvalue weighted by Gasteiger charge is 2.33. The van der Waals surface area contributed by atoms with E-state index < -0.39 is 0 Å². The van der Waals surface area contributed by atoms with E-state index in [1.54, 1.807) is 0 Å². The van der Waals surface area contributed by atoms with Crippen molar-refractivity contribution in [3.8, 4) is 0 Å². The summed E-state index contributed by atoms with van der Waals surface area (Å²) < 4.78 is 5.18. The molecule has 2 heteroatoms. The number of ether oxygens (including phenoxy) is 1. The van der Waals surface area contributed by atoms with Crippen molar-refractivity contribution in [1.29, 1.82) is 0 Å². The average Bonchev–Trinajstić information content (AvgIpc) is 2.56. The van der Waals surface area contributed by atoms with Crippen LogP contribution in [0.5, 0.6) is 0 Å². The van der Waals surface area contributed by atoms with Gasteiger partial charge in [-0.3, -0.25) is 4.79 Å². The zero-order chi connectivity index (χ0) is 15.8. The lowest BCUT2D eigenvalue weighted by molar-refractivity contribution is -0.149. The molecule has 0 amide bonds. The summed E-state index contributed by atoms with van der Waals surface area (Å²) in [7, 11) is 0. The number of esters is 1. The molecule has 0 aromatic rings. The first-order chi connectivity index (χ1) is 10.7. The fraction of sp³-hybridized carbons (Fsp3) is 0.950. The van der Waals surface area contributed by atoms with Gasteiger partial charge in [-0.05, 0) is 63.2 Å². The largest absolute Gasteiger partial charge is 0.466 e. The monoisotopic (exact) mass is 308 g/mol. The lowest BCUT2D eigenvalue weighted by Crippen LogP contribution is -2.29. The number of unbranched alkanes of at least 4 members (excludes halogenated alkanes) is 2. The Labute approximate surface area is 137 Å². The van der Waals surface area contributed by atoms with Crippen LogP contribution >= 0.6 is 0 Å². The maximum atomic E-state index is 11.8. The van der Waals surface area contributed by atoms with E-state index in [9.17, 15) is 4.79 Å². The fourth-order valence-electron chi connectivity index (χ4n) is 4.72. The molecule has 2 aliphatic carbocycles. The third-order valence-electron chi connectivity index (χ3n) is 6.17. The zero-order valence-corrected chi connectivity index (χ0v) is 14.8. The number of hydrogen-bond donors (Lipinski definition) is 0. The van der Waals surface area contributed by atoms with Crippen molar-refractivity contribution in [2.24, 2.45) is 23.7 Å². The van der Waals surface area contributed by atoms with Crippen molar-refractivity contribution in [1.82, 2.24) is 0 Å². The van der Waals surface area contributed by atoms with Gasteiger partial charge in [0.2, 0.25) is 0 Å². The van der Waals surface area contributed by atoms with Crippen LogP contribution in [0.1, 0.15) is 90.9 Å². The van der Waals surface area contributed by atoms with Crippen molar-refractivity contribution < 1.29 is 9.53 Å². The van der Waals surface area contributed by atoms with Gasteiger partial charge in [0.05, 0.1) is 12.5 Å². The first kappa shape index (κ1) is 17.8. The predicted molar refractivity (Wildman–Crippen MR) is 91.7 cm³/mol. The molecule has 0 spiro atoms. The highest BCUT2D eigenvalue weighted by atomic mass is 16.5. The van der Waals surface area contributed by atoms with Crippen LogP contribution in [0.25, 0.3) is 0 Å². The second kappa shape index (κ2) is 9.57. The van der Waals surface area contributed by atoms with Gasteiger partial charge in [-0.2, -0.15) is 0 Å². The van der Waals surface area contributed by atoms with Gasteiger partial charge in [0.25, 0.3) is 0 Å². The Hall–Kier alpha value is -0.530. The molecule has 0 aliphatic heterocycles. The highest BCUT2D eigenvalue weighted by Crippen LogP contribution is 2.42. The number of rotatable bonds is 7. The molecule has 0 aromatic carbocycles. The van der Waals surface area contributed by atoms with E-state index in [2.05, 4.69) is 6.92 Å². The normalized spacial score (nSPS) is 32.6. The van der Waals surface area contributed by atoms with E-state index in [0.29, 0.717) is 6.61 Å². The summed E-state index contributed by atoms with van der Waals surface area (Å²) in [6.07, 6.45) is 16.2. The summed E-state index contributed by atoms with van der Waals surface area (Å²) in [5.41, 5.74) is 0. The molecule has 2 fully saturated rings. The molecule has 0 atom stereocenters. The van der Waals surface area contributed by atoms with Gasteiger partial charge in [-0.15, -0.1) is 0 Å². The molecular formula is C20H36O2. The van der Waals surface area contributed by atoms with Gasteiger partial charge in [-0.1, -0.05) is 45.4 Å². The molecule has 0 N–H and O–H groups in total. The Bertz CT molecular complexity index is 310. The Morgan fingerprint density at radius 2 is 1.45 bits per heavy atom. The van der Waals surface area contributed by atoms with Gasteiger partial charge in [0.15, 0.2) is 0 Å². The summed E-state index contributed by atoms with van der Waals surface area (Å²) in [4.78, 5) is 11.8. The van der Waals surface area contributed by atoms with Gasteiger partial charge in [0, 0.05) is 0 Å². The van der Waals surface area contributed by atoms with Crippen LogP contribution in [0.3, 0.4) is 0 Å². The number of carbonyl (C=O) groups is 1. The molecule has 128 valence electrons. The SMILES string of the molecule is CCCCCC1CCC(C2CCC(C(=O)OCC)CC2)CC1. The molecule has 0 radical (unpaired) electrons. The van der Waals surface area contributed by atoms with Crippen LogP contribution in [-0.2, 0) is 9.53 Å². The lowest BCUT2D eigenvalue weighted by Gasteiger charge is -2.37. The van der Waals surface area contributed by atoms with E-state index in [4.69, 9.17) is 4.74 Å². The van der Waals surface area contributed by atoms with Gasteiger partial charge < -0.3 is 4.74 Å². The summed E-state index contributed by atoms with van der Waals surface area (Å²) in [5, 5.41) is 0. The van der Waals surface area contributed by atoms with E-state index >= 15 is 0 Å². The molecule has 2 saturated carbocycles. The first-order valence-electron chi connectivity index (χ1n) is 9.91. The molecule has 0 heterocycles. The number of hydrogen-bond acceptors (Lipinski definition) is 2. The Morgan fingerprint density at radius 3 is 2.00 bits per heavy atom. The Morgan fingerprint density at radius 1 is 0.864 bits per heavy atom. The van der Waals surface area contributed by atoms with Gasteiger partial charge in [0.1, 0.15) is 0 Å². The van der Waals surface area contributed by atoms with Crippen molar-refractivity contribution in [3.63, 3.8) is 0 Å². The highest BCUT2D eigenvalue weighted by molar-refractivity contribution is 5.72. The molecule has 2 aliphatic rings. The minimum absolute atomic E-state index is 0.0561. The van der Waals surface area contributed by atoms with E-state index in [-0.39, 0.29) is 11.9 Å². The maximum Gasteiger partial charge on any atom is 0.308 e. The topological polar surface area (TPSA) is 26.3 Å². The summed E-state index contributed by atoms with van der Waals surface area (Å²) in [5.74, 6) is 3.11.